The van der Waals surface area contributed by atoms with Gasteiger partial charge in [-0.05, 0) is 49.9 Å². The van der Waals surface area contributed by atoms with Gasteiger partial charge in [0.05, 0.1) is 6.10 Å². The monoisotopic (exact) mass is 336 g/mol. The first-order valence-corrected chi connectivity index (χ1v) is 11.4. The molecule has 1 nitrogen and oxygen atoms in total. The Kier molecular flexibility index (Phi) is 10.4. The fraction of sp³-hybridized carbons (Fsp3) is 1.00. The molecule has 2 aliphatic rings. The molecular weight excluding hydrogens is 292 g/mol. The van der Waals surface area contributed by atoms with E-state index in [1.165, 1.54) is 103 Å². The molecule has 2 saturated carbocycles. The van der Waals surface area contributed by atoms with E-state index in [2.05, 4.69) is 6.92 Å². The number of fused-ring (bicyclic) bond motifs is 1. The number of hydrogen-bond donors (Lipinski definition) is 0. The van der Waals surface area contributed by atoms with Crippen LogP contribution in [-0.2, 0) is 4.74 Å². The van der Waals surface area contributed by atoms with Crippen LogP contribution in [0.1, 0.15) is 116 Å². The lowest BCUT2D eigenvalue weighted by Crippen LogP contribution is -2.33. The molecule has 0 heterocycles. The van der Waals surface area contributed by atoms with Gasteiger partial charge >= 0.3 is 0 Å². The average Bonchev–Trinajstić information content (AvgIpc) is 2.62. The fourth-order valence-corrected chi connectivity index (χ4v) is 5.34. The summed E-state index contributed by atoms with van der Waals surface area (Å²) < 4.78 is 5.61. The largest absolute Gasteiger partial charge is 0.381 e. The second kappa shape index (κ2) is 12.3. The van der Waals surface area contributed by atoms with Crippen LogP contribution in [0.25, 0.3) is 0 Å². The van der Waals surface area contributed by atoms with Crippen molar-refractivity contribution < 1.29 is 4.74 Å². The molecule has 4 unspecified atom stereocenters. The van der Waals surface area contributed by atoms with Crippen molar-refractivity contribution in [3.63, 3.8) is 0 Å². The summed E-state index contributed by atoms with van der Waals surface area (Å²) in [6.07, 6.45) is 25.4. The van der Waals surface area contributed by atoms with Crippen molar-refractivity contribution in [1.29, 1.82) is 0 Å². The van der Waals surface area contributed by atoms with Crippen molar-refractivity contribution in [2.45, 2.75) is 122 Å². The van der Waals surface area contributed by atoms with E-state index in [4.69, 9.17) is 4.74 Å². The van der Waals surface area contributed by atoms with Gasteiger partial charge in [-0.25, -0.2) is 0 Å². The first kappa shape index (κ1) is 20.3. The highest BCUT2D eigenvalue weighted by atomic mass is 16.5. The highest BCUT2D eigenvalue weighted by Gasteiger charge is 2.35. The Labute approximate surface area is 152 Å². The molecule has 0 saturated heterocycles. The van der Waals surface area contributed by atoms with Crippen LogP contribution in [0.5, 0.6) is 0 Å². The van der Waals surface area contributed by atoms with Gasteiger partial charge < -0.3 is 4.74 Å². The summed E-state index contributed by atoms with van der Waals surface area (Å²) in [5, 5.41) is 0. The van der Waals surface area contributed by atoms with E-state index in [0.29, 0.717) is 6.10 Å². The van der Waals surface area contributed by atoms with Crippen LogP contribution in [0.3, 0.4) is 0 Å². The van der Waals surface area contributed by atoms with E-state index < -0.39 is 0 Å². The highest BCUT2D eigenvalue weighted by molar-refractivity contribution is 4.86. The maximum Gasteiger partial charge on any atom is 0.0574 e. The van der Waals surface area contributed by atoms with Crippen LogP contribution in [0.2, 0.25) is 0 Å². The van der Waals surface area contributed by atoms with Gasteiger partial charge in [-0.1, -0.05) is 84.0 Å². The Morgan fingerprint density at radius 2 is 1.25 bits per heavy atom. The van der Waals surface area contributed by atoms with Crippen LogP contribution >= 0.6 is 0 Å². The minimum atomic E-state index is 0.574. The van der Waals surface area contributed by atoms with Gasteiger partial charge in [-0.15, -0.1) is 0 Å². The summed E-state index contributed by atoms with van der Waals surface area (Å²) in [4.78, 5) is 0. The standard InChI is InChI=1S/C23H44O/c1-3-4-5-6-7-8-9-10-11-12-13-20-14-15-22-19-23(24-2)17-16-21(22)18-20/h20-23H,3-19H2,1-2H3. The molecular formula is C23H44O. The van der Waals surface area contributed by atoms with E-state index >= 15 is 0 Å². The first-order chi connectivity index (χ1) is 11.8. The lowest BCUT2D eigenvalue weighted by atomic mass is 9.66. The number of rotatable bonds is 12. The predicted octanol–water partition coefficient (Wildman–Crippen LogP) is 7.53. The molecule has 4 atom stereocenters. The smallest absolute Gasteiger partial charge is 0.0574 e. The lowest BCUT2D eigenvalue weighted by molar-refractivity contribution is 0.00541. The van der Waals surface area contributed by atoms with Gasteiger partial charge in [-0.3, -0.25) is 0 Å². The SMILES string of the molecule is CCCCCCCCCCCCC1CCC2CC(OC)CCC2C1. The Balaban J connectivity index is 1.43. The molecule has 0 bridgehead atoms. The zero-order valence-corrected chi connectivity index (χ0v) is 16.7. The van der Waals surface area contributed by atoms with Gasteiger partial charge in [0.25, 0.3) is 0 Å². The molecule has 2 aliphatic carbocycles. The summed E-state index contributed by atoms with van der Waals surface area (Å²) in [5.41, 5.74) is 0. The molecule has 0 spiro atoms. The number of methoxy groups -OCH3 is 1. The Morgan fingerprint density at radius 3 is 1.92 bits per heavy atom. The molecule has 0 amide bonds. The summed E-state index contributed by atoms with van der Waals surface area (Å²) >= 11 is 0. The van der Waals surface area contributed by atoms with Crippen LogP contribution in [-0.4, -0.2) is 13.2 Å². The molecule has 142 valence electrons. The molecule has 0 radical (unpaired) electrons. The van der Waals surface area contributed by atoms with Crippen molar-refractivity contribution >= 4 is 0 Å². The fourth-order valence-electron chi connectivity index (χ4n) is 5.34. The minimum Gasteiger partial charge on any atom is -0.381 e. The molecule has 0 N–H and O–H groups in total. The highest BCUT2D eigenvalue weighted by Crippen LogP contribution is 2.44. The predicted molar refractivity (Wildman–Crippen MR) is 105 cm³/mol. The Hall–Kier alpha value is -0.0400. The molecule has 1 heteroatoms. The van der Waals surface area contributed by atoms with Crippen molar-refractivity contribution in [1.82, 2.24) is 0 Å². The second-order valence-corrected chi connectivity index (χ2v) is 8.84. The minimum absolute atomic E-state index is 0.574. The van der Waals surface area contributed by atoms with E-state index in [-0.39, 0.29) is 0 Å². The van der Waals surface area contributed by atoms with Gasteiger partial charge in [0.15, 0.2) is 0 Å². The van der Waals surface area contributed by atoms with Crippen molar-refractivity contribution in [2.24, 2.45) is 17.8 Å². The summed E-state index contributed by atoms with van der Waals surface area (Å²) in [6.45, 7) is 2.30. The van der Waals surface area contributed by atoms with Crippen LogP contribution in [0.15, 0.2) is 0 Å². The average molecular weight is 337 g/mol. The second-order valence-electron chi connectivity index (χ2n) is 8.84. The van der Waals surface area contributed by atoms with Gasteiger partial charge in [0.2, 0.25) is 0 Å². The van der Waals surface area contributed by atoms with Crippen LogP contribution in [0.4, 0.5) is 0 Å². The van der Waals surface area contributed by atoms with E-state index in [0.717, 1.165) is 17.8 Å². The zero-order valence-electron chi connectivity index (χ0n) is 16.7. The maximum absolute atomic E-state index is 5.61. The molecule has 24 heavy (non-hydrogen) atoms. The quantitative estimate of drug-likeness (QED) is 0.335. The molecule has 0 aromatic heterocycles. The van der Waals surface area contributed by atoms with Crippen molar-refractivity contribution in [3.8, 4) is 0 Å². The van der Waals surface area contributed by atoms with Crippen molar-refractivity contribution in [3.05, 3.63) is 0 Å². The first-order valence-electron chi connectivity index (χ1n) is 11.4. The normalized spacial score (nSPS) is 30.2. The Morgan fingerprint density at radius 1 is 0.667 bits per heavy atom. The molecule has 2 fully saturated rings. The maximum atomic E-state index is 5.61. The van der Waals surface area contributed by atoms with E-state index in [1.54, 1.807) is 6.42 Å². The van der Waals surface area contributed by atoms with Gasteiger partial charge in [0.1, 0.15) is 0 Å². The topological polar surface area (TPSA) is 9.23 Å². The molecule has 0 aliphatic heterocycles. The lowest BCUT2D eigenvalue weighted by Gasteiger charge is -2.41. The van der Waals surface area contributed by atoms with Gasteiger partial charge in [0, 0.05) is 7.11 Å². The van der Waals surface area contributed by atoms with E-state index in [1.807, 2.05) is 7.11 Å². The van der Waals surface area contributed by atoms with Crippen LogP contribution in [0, 0.1) is 17.8 Å². The molecule has 0 aromatic rings. The third kappa shape index (κ3) is 7.46. The number of unbranched alkanes of at least 4 members (excludes halogenated alkanes) is 9. The third-order valence-corrected chi connectivity index (χ3v) is 6.97. The molecule has 2 rings (SSSR count). The Bertz CT molecular complexity index is 300. The van der Waals surface area contributed by atoms with Crippen LogP contribution < -0.4 is 0 Å². The van der Waals surface area contributed by atoms with E-state index in [9.17, 15) is 0 Å². The molecule has 0 aromatic carbocycles. The van der Waals surface area contributed by atoms with Gasteiger partial charge in [-0.2, -0.15) is 0 Å². The van der Waals surface area contributed by atoms with Crippen molar-refractivity contribution in [2.75, 3.05) is 7.11 Å². The summed E-state index contributed by atoms with van der Waals surface area (Å²) in [5.74, 6) is 3.09. The number of hydrogen-bond acceptors (Lipinski definition) is 1. The zero-order chi connectivity index (χ0) is 17.0. The summed E-state index contributed by atoms with van der Waals surface area (Å²) in [6, 6.07) is 0. The summed E-state index contributed by atoms with van der Waals surface area (Å²) in [7, 11) is 1.90. The number of ether oxygens (including phenoxy) is 1. The third-order valence-electron chi connectivity index (χ3n) is 6.97.